The van der Waals surface area contributed by atoms with Gasteiger partial charge in [-0.25, -0.2) is 15.0 Å². The van der Waals surface area contributed by atoms with Crippen LogP contribution in [0.2, 0.25) is 0 Å². The third-order valence-electron chi connectivity index (χ3n) is 2.67. The molecule has 8 heteroatoms. The van der Waals surface area contributed by atoms with Crippen molar-refractivity contribution in [1.29, 1.82) is 0 Å². The van der Waals surface area contributed by atoms with Gasteiger partial charge in [-0.15, -0.1) is 11.3 Å². The minimum Gasteiger partial charge on any atom is -0.368 e. The summed E-state index contributed by atoms with van der Waals surface area (Å²) >= 11 is 1.66. The Morgan fingerprint density at radius 1 is 1.26 bits per heavy atom. The molecule has 3 heterocycles. The van der Waals surface area contributed by atoms with E-state index in [1.165, 1.54) is 11.2 Å². The molecule has 0 aliphatic rings. The highest BCUT2D eigenvalue weighted by atomic mass is 32.1. The molecule has 0 radical (unpaired) electrons. The number of fused-ring (bicyclic) bond motifs is 1. The highest BCUT2D eigenvalue weighted by Crippen LogP contribution is 2.19. The molecule has 0 aliphatic heterocycles. The van der Waals surface area contributed by atoms with E-state index in [9.17, 15) is 0 Å². The Kier molecular flexibility index (Phi) is 3.23. The molecule has 0 atom stereocenters. The summed E-state index contributed by atoms with van der Waals surface area (Å²) < 4.78 is 0. The highest BCUT2D eigenvalue weighted by molar-refractivity contribution is 7.15. The first-order chi connectivity index (χ1) is 9.36. The Balaban J connectivity index is 1.64. The lowest BCUT2D eigenvalue weighted by Gasteiger charge is -2.04. The molecule has 7 nitrogen and oxygen atoms in total. The standard InChI is InChI=1S/C11H13N7S/c1-12-11-14-4-7(19-11)2-3-13-10-9-8(5-17-18-9)15-6-16-10/h4-6H,2-3H2,1H3,(H,12,14)(H,17,18)(H,13,15,16). The molecule has 0 fully saturated rings. The van der Waals surface area contributed by atoms with E-state index in [-0.39, 0.29) is 0 Å². The smallest absolute Gasteiger partial charge is 0.182 e. The molecule has 0 spiro atoms. The Morgan fingerprint density at radius 3 is 3.05 bits per heavy atom. The zero-order valence-electron chi connectivity index (χ0n) is 10.3. The second kappa shape index (κ2) is 5.19. The third-order valence-corrected chi connectivity index (χ3v) is 3.75. The van der Waals surface area contributed by atoms with E-state index in [0.29, 0.717) is 0 Å². The van der Waals surface area contributed by atoms with Gasteiger partial charge in [0.15, 0.2) is 10.9 Å². The van der Waals surface area contributed by atoms with E-state index in [1.54, 1.807) is 17.5 Å². The summed E-state index contributed by atoms with van der Waals surface area (Å²) in [6, 6.07) is 0. The largest absolute Gasteiger partial charge is 0.368 e. The average molecular weight is 275 g/mol. The number of nitrogens with one attached hydrogen (secondary N) is 3. The summed E-state index contributed by atoms with van der Waals surface area (Å²) in [5.41, 5.74) is 1.65. The lowest BCUT2D eigenvalue weighted by molar-refractivity contribution is 1.02. The second-order valence-electron chi connectivity index (χ2n) is 3.91. The number of hydrogen-bond acceptors (Lipinski definition) is 7. The minimum atomic E-state index is 0.779. The van der Waals surface area contributed by atoms with Crippen molar-refractivity contribution in [2.45, 2.75) is 6.42 Å². The second-order valence-corrected chi connectivity index (χ2v) is 5.03. The SMILES string of the molecule is CNc1ncc(CCNc2ncnc3cn[nH]c23)s1. The monoisotopic (exact) mass is 275 g/mol. The van der Waals surface area contributed by atoms with E-state index in [2.05, 4.69) is 35.8 Å². The summed E-state index contributed by atoms with van der Waals surface area (Å²) in [4.78, 5) is 13.8. The van der Waals surface area contributed by atoms with Crippen LogP contribution in [0.3, 0.4) is 0 Å². The molecule has 0 bridgehead atoms. The van der Waals surface area contributed by atoms with Crippen molar-refractivity contribution >= 4 is 33.3 Å². The third kappa shape index (κ3) is 2.48. The minimum absolute atomic E-state index is 0.779. The summed E-state index contributed by atoms with van der Waals surface area (Å²) in [6.45, 7) is 0.788. The van der Waals surface area contributed by atoms with Crippen molar-refractivity contribution in [2.75, 3.05) is 24.2 Å². The van der Waals surface area contributed by atoms with E-state index >= 15 is 0 Å². The topological polar surface area (TPSA) is 91.4 Å². The molecule has 3 aromatic heterocycles. The van der Waals surface area contributed by atoms with Crippen LogP contribution in [0.15, 0.2) is 18.7 Å². The number of thiazole rings is 1. The molecule has 0 amide bonds. The molecular weight excluding hydrogens is 262 g/mol. The normalized spacial score (nSPS) is 10.8. The summed E-state index contributed by atoms with van der Waals surface area (Å²) in [5.74, 6) is 0.779. The van der Waals surface area contributed by atoms with Gasteiger partial charge >= 0.3 is 0 Å². The fraction of sp³-hybridized carbons (Fsp3) is 0.273. The first-order valence-electron chi connectivity index (χ1n) is 5.87. The average Bonchev–Trinajstić information content (AvgIpc) is 3.07. The maximum absolute atomic E-state index is 4.24. The molecule has 0 aromatic carbocycles. The molecule has 0 saturated carbocycles. The number of aromatic nitrogens is 5. The highest BCUT2D eigenvalue weighted by Gasteiger charge is 2.05. The van der Waals surface area contributed by atoms with Crippen LogP contribution in [0.1, 0.15) is 4.88 Å². The molecule has 19 heavy (non-hydrogen) atoms. The Hall–Kier alpha value is -2.22. The van der Waals surface area contributed by atoms with Crippen LogP contribution < -0.4 is 10.6 Å². The molecule has 3 aromatic rings. The number of rotatable bonds is 5. The van der Waals surface area contributed by atoms with Gasteiger partial charge in [-0.05, 0) is 0 Å². The van der Waals surface area contributed by atoms with Gasteiger partial charge in [0.05, 0.1) is 6.20 Å². The molecular formula is C11H13N7S. The summed E-state index contributed by atoms with van der Waals surface area (Å²) in [6.07, 6.45) is 6.01. The van der Waals surface area contributed by atoms with Crippen LogP contribution in [-0.2, 0) is 6.42 Å². The van der Waals surface area contributed by atoms with Crippen molar-refractivity contribution < 1.29 is 0 Å². The van der Waals surface area contributed by atoms with Crippen LogP contribution in [0.4, 0.5) is 10.9 Å². The zero-order valence-corrected chi connectivity index (χ0v) is 11.2. The van der Waals surface area contributed by atoms with Crippen LogP contribution in [0.25, 0.3) is 11.0 Å². The van der Waals surface area contributed by atoms with Crippen LogP contribution in [-0.4, -0.2) is 38.7 Å². The number of hydrogen-bond donors (Lipinski definition) is 3. The number of nitrogens with zero attached hydrogens (tertiary/aromatic N) is 4. The number of anilines is 2. The van der Waals surface area contributed by atoms with Gasteiger partial charge in [0, 0.05) is 31.1 Å². The number of aromatic amines is 1. The fourth-order valence-electron chi connectivity index (χ4n) is 1.74. The van der Waals surface area contributed by atoms with Gasteiger partial charge in [0.2, 0.25) is 0 Å². The Labute approximate surface area is 113 Å². The van der Waals surface area contributed by atoms with Gasteiger partial charge in [-0.1, -0.05) is 0 Å². The van der Waals surface area contributed by atoms with Crippen LogP contribution in [0.5, 0.6) is 0 Å². The molecule has 0 unspecified atom stereocenters. The van der Waals surface area contributed by atoms with E-state index in [1.807, 2.05) is 13.2 Å². The van der Waals surface area contributed by atoms with E-state index < -0.39 is 0 Å². The van der Waals surface area contributed by atoms with Crippen molar-refractivity contribution in [1.82, 2.24) is 25.1 Å². The molecule has 3 rings (SSSR count). The predicted octanol–water partition coefficient (Wildman–Crippen LogP) is 1.51. The van der Waals surface area contributed by atoms with Crippen molar-refractivity contribution in [3.8, 4) is 0 Å². The van der Waals surface area contributed by atoms with Crippen LogP contribution in [0, 0.1) is 0 Å². The van der Waals surface area contributed by atoms with Gasteiger partial charge in [-0.2, -0.15) is 5.10 Å². The lowest BCUT2D eigenvalue weighted by atomic mass is 10.3. The first-order valence-corrected chi connectivity index (χ1v) is 6.69. The van der Waals surface area contributed by atoms with Crippen molar-refractivity contribution in [3.63, 3.8) is 0 Å². The zero-order chi connectivity index (χ0) is 13.1. The molecule has 98 valence electrons. The Bertz CT molecular complexity index is 674. The number of H-pyrrole nitrogens is 1. The molecule has 3 N–H and O–H groups in total. The van der Waals surface area contributed by atoms with Gasteiger partial charge in [-0.3, -0.25) is 5.10 Å². The maximum atomic E-state index is 4.24. The summed E-state index contributed by atoms with van der Waals surface area (Å²) in [5, 5.41) is 14.1. The van der Waals surface area contributed by atoms with Crippen LogP contribution >= 0.6 is 11.3 Å². The lowest BCUT2D eigenvalue weighted by Crippen LogP contribution is -2.06. The van der Waals surface area contributed by atoms with Gasteiger partial charge in [0.25, 0.3) is 0 Å². The molecule has 0 aliphatic carbocycles. The first kappa shape index (κ1) is 11.8. The van der Waals surface area contributed by atoms with Gasteiger partial charge < -0.3 is 10.6 Å². The van der Waals surface area contributed by atoms with Crippen molar-refractivity contribution in [2.24, 2.45) is 0 Å². The van der Waals surface area contributed by atoms with E-state index in [4.69, 9.17) is 0 Å². The maximum Gasteiger partial charge on any atom is 0.182 e. The quantitative estimate of drug-likeness (QED) is 0.653. The van der Waals surface area contributed by atoms with E-state index in [0.717, 1.165) is 34.9 Å². The van der Waals surface area contributed by atoms with Gasteiger partial charge in [0.1, 0.15) is 17.4 Å². The summed E-state index contributed by atoms with van der Waals surface area (Å²) in [7, 11) is 1.87. The predicted molar refractivity (Wildman–Crippen MR) is 75.5 cm³/mol. The Morgan fingerprint density at radius 2 is 2.21 bits per heavy atom. The fourth-order valence-corrected chi connectivity index (χ4v) is 2.51. The molecule has 0 saturated heterocycles. The van der Waals surface area contributed by atoms with Crippen molar-refractivity contribution in [3.05, 3.63) is 23.6 Å².